The van der Waals surface area contributed by atoms with Gasteiger partial charge in [0.1, 0.15) is 0 Å². The number of fused-ring (bicyclic) bond motifs is 2. The Morgan fingerprint density at radius 3 is 2.00 bits per heavy atom. The maximum atomic E-state index is 9.25. The minimum absolute atomic E-state index is 0.0556. The molecule has 0 saturated heterocycles. The maximum absolute atomic E-state index is 9.25. The highest BCUT2D eigenvalue weighted by Crippen LogP contribution is 2.44. The quantitative estimate of drug-likeness (QED) is 0.413. The van der Waals surface area contributed by atoms with E-state index in [1.54, 1.807) is 0 Å². The molecule has 0 spiro atoms. The molecule has 0 aliphatic heterocycles. The first-order valence-corrected chi connectivity index (χ1v) is 3.74. The van der Waals surface area contributed by atoms with Gasteiger partial charge in [0, 0.05) is 5.92 Å². The summed E-state index contributed by atoms with van der Waals surface area (Å²) < 4.78 is 0. The van der Waals surface area contributed by atoms with Crippen molar-refractivity contribution in [2.24, 2.45) is 11.8 Å². The van der Waals surface area contributed by atoms with Crippen molar-refractivity contribution in [2.75, 3.05) is 0 Å². The van der Waals surface area contributed by atoms with Crippen LogP contribution in [0.1, 0.15) is 12.8 Å². The summed E-state index contributed by atoms with van der Waals surface area (Å²) >= 11 is 0. The molecule has 0 aromatic rings. The van der Waals surface area contributed by atoms with Crippen molar-refractivity contribution in [1.82, 2.24) is 0 Å². The van der Waals surface area contributed by atoms with E-state index in [1.165, 1.54) is 0 Å². The summed E-state index contributed by atoms with van der Waals surface area (Å²) in [5.41, 5.74) is 0. The van der Waals surface area contributed by atoms with Crippen molar-refractivity contribution in [3.63, 3.8) is 0 Å². The molecule has 2 saturated carbocycles. The molecule has 0 aromatic carbocycles. The van der Waals surface area contributed by atoms with Gasteiger partial charge in [-0.15, -0.1) is 0 Å². The zero-order valence-corrected chi connectivity index (χ0v) is 5.64. The maximum Gasteiger partial charge on any atom is 0.0854 e. The predicted octanol–water partition coefficient (Wildman–Crippen LogP) is -0.891. The fourth-order valence-electron chi connectivity index (χ4n) is 2.27. The number of hydrogen-bond acceptors (Lipinski definition) is 3. The molecule has 3 N–H and O–H groups in total. The van der Waals surface area contributed by atoms with E-state index in [9.17, 15) is 15.3 Å². The van der Waals surface area contributed by atoms with Gasteiger partial charge in [0.05, 0.1) is 18.3 Å². The second-order valence-corrected chi connectivity index (χ2v) is 3.44. The van der Waals surface area contributed by atoms with Crippen LogP contribution < -0.4 is 0 Å². The third-order valence-electron chi connectivity index (χ3n) is 2.88. The average Bonchev–Trinajstić information content (AvgIpc) is 2.36. The fraction of sp³-hybridized carbons (Fsp3) is 1.00. The van der Waals surface area contributed by atoms with Crippen molar-refractivity contribution >= 4 is 0 Å². The molecule has 5 atom stereocenters. The van der Waals surface area contributed by atoms with Crippen LogP contribution >= 0.6 is 0 Å². The average molecular weight is 144 g/mol. The highest BCUT2D eigenvalue weighted by molar-refractivity contribution is 5.01. The molecule has 3 nitrogen and oxygen atoms in total. The first kappa shape index (κ1) is 6.58. The predicted molar refractivity (Wildman–Crippen MR) is 34.2 cm³/mol. The molecule has 0 unspecified atom stereocenters. The Labute approximate surface area is 59.3 Å². The van der Waals surface area contributed by atoms with Crippen molar-refractivity contribution in [1.29, 1.82) is 0 Å². The molecular weight excluding hydrogens is 132 g/mol. The van der Waals surface area contributed by atoms with E-state index in [4.69, 9.17) is 0 Å². The molecule has 0 amide bonds. The van der Waals surface area contributed by atoms with Gasteiger partial charge in [-0.25, -0.2) is 0 Å². The Morgan fingerprint density at radius 2 is 1.60 bits per heavy atom. The van der Waals surface area contributed by atoms with E-state index >= 15 is 0 Å². The number of aliphatic hydroxyl groups is 3. The molecule has 10 heavy (non-hydrogen) atoms. The van der Waals surface area contributed by atoms with Gasteiger partial charge in [0.15, 0.2) is 0 Å². The highest BCUT2D eigenvalue weighted by Gasteiger charge is 2.50. The zero-order chi connectivity index (χ0) is 7.30. The van der Waals surface area contributed by atoms with Crippen LogP contribution in [0.2, 0.25) is 0 Å². The summed E-state index contributed by atoms with van der Waals surface area (Å²) in [6.45, 7) is 0. The Kier molecular flexibility index (Phi) is 1.27. The van der Waals surface area contributed by atoms with Gasteiger partial charge in [0.25, 0.3) is 0 Å². The molecular formula is C7H12O3. The van der Waals surface area contributed by atoms with Gasteiger partial charge >= 0.3 is 0 Å². The third-order valence-corrected chi connectivity index (χ3v) is 2.88. The molecule has 3 heteroatoms. The Hall–Kier alpha value is -0.120. The van der Waals surface area contributed by atoms with Crippen molar-refractivity contribution < 1.29 is 15.3 Å². The second-order valence-electron chi connectivity index (χ2n) is 3.44. The van der Waals surface area contributed by atoms with Crippen molar-refractivity contribution in [2.45, 2.75) is 31.2 Å². The topological polar surface area (TPSA) is 60.7 Å². The molecule has 2 bridgehead atoms. The molecule has 0 aromatic heterocycles. The van der Waals surface area contributed by atoms with Crippen LogP contribution in [0.3, 0.4) is 0 Å². The Balaban J connectivity index is 2.16. The van der Waals surface area contributed by atoms with Gasteiger partial charge in [-0.2, -0.15) is 0 Å². The lowest BCUT2D eigenvalue weighted by atomic mass is 9.93. The number of aliphatic hydroxyl groups excluding tert-OH is 3. The first-order valence-electron chi connectivity index (χ1n) is 3.74. The van der Waals surface area contributed by atoms with Crippen LogP contribution in [-0.2, 0) is 0 Å². The van der Waals surface area contributed by atoms with E-state index < -0.39 is 12.2 Å². The monoisotopic (exact) mass is 144 g/mol. The highest BCUT2D eigenvalue weighted by atomic mass is 16.3. The molecule has 58 valence electrons. The third kappa shape index (κ3) is 0.654. The van der Waals surface area contributed by atoms with Gasteiger partial charge in [0.2, 0.25) is 0 Å². The van der Waals surface area contributed by atoms with E-state index in [0.29, 0.717) is 6.42 Å². The second kappa shape index (κ2) is 1.94. The van der Waals surface area contributed by atoms with Crippen molar-refractivity contribution in [3.8, 4) is 0 Å². The summed E-state index contributed by atoms with van der Waals surface area (Å²) in [5.74, 6) is 0.0926. The molecule has 2 aliphatic carbocycles. The summed E-state index contributed by atoms with van der Waals surface area (Å²) in [6, 6.07) is 0. The largest absolute Gasteiger partial charge is 0.393 e. The van der Waals surface area contributed by atoms with Crippen LogP contribution in [0.5, 0.6) is 0 Å². The van der Waals surface area contributed by atoms with E-state index in [1.807, 2.05) is 0 Å². The minimum atomic E-state index is -0.672. The molecule has 0 radical (unpaired) electrons. The lowest BCUT2D eigenvalue weighted by Crippen LogP contribution is -2.38. The van der Waals surface area contributed by atoms with Crippen LogP contribution in [0.4, 0.5) is 0 Å². The standard InChI is InChI=1S/C7H12O3/c8-5-2-3-1-4(5)7(10)6(3)9/h3-10H,1-2H2/t3-,4+,5-,6-,7+/m1/s1. The zero-order valence-electron chi connectivity index (χ0n) is 5.64. The Morgan fingerprint density at radius 1 is 0.900 bits per heavy atom. The Bertz CT molecular complexity index is 146. The van der Waals surface area contributed by atoms with E-state index in [0.717, 1.165) is 6.42 Å². The number of rotatable bonds is 0. The van der Waals surface area contributed by atoms with Crippen LogP contribution in [0, 0.1) is 11.8 Å². The van der Waals surface area contributed by atoms with Gasteiger partial charge < -0.3 is 15.3 Å². The summed E-state index contributed by atoms with van der Waals surface area (Å²) in [6.07, 6.45) is -0.155. The first-order chi connectivity index (χ1) is 4.70. The fourth-order valence-corrected chi connectivity index (χ4v) is 2.27. The molecule has 2 aliphatic rings. The van der Waals surface area contributed by atoms with Gasteiger partial charge in [-0.3, -0.25) is 0 Å². The summed E-state index contributed by atoms with van der Waals surface area (Å²) in [7, 11) is 0. The summed E-state index contributed by atoms with van der Waals surface area (Å²) in [4.78, 5) is 0. The number of hydrogen-bond donors (Lipinski definition) is 3. The lowest BCUT2D eigenvalue weighted by Gasteiger charge is -2.26. The summed E-state index contributed by atoms with van der Waals surface area (Å²) in [5, 5.41) is 27.7. The smallest absolute Gasteiger partial charge is 0.0854 e. The van der Waals surface area contributed by atoms with Gasteiger partial charge in [-0.05, 0) is 18.8 Å². The molecule has 0 heterocycles. The molecule has 2 rings (SSSR count). The van der Waals surface area contributed by atoms with E-state index in [2.05, 4.69) is 0 Å². The molecule has 2 fully saturated rings. The minimum Gasteiger partial charge on any atom is -0.393 e. The van der Waals surface area contributed by atoms with E-state index in [-0.39, 0.29) is 17.9 Å². The van der Waals surface area contributed by atoms with Crippen LogP contribution in [0.25, 0.3) is 0 Å². The van der Waals surface area contributed by atoms with Crippen molar-refractivity contribution in [3.05, 3.63) is 0 Å². The van der Waals surface area contributed by atoms with Crippen LogP contribution in [0.15, 0.2) is 0 Å². The van der Waals surface area contributed by atoms with Gasteiger partial charge in [-0.1, -0.05) is 0 Å². The SMILES string of the molecule is O[C@@H]1[C@@H]2C[C@H]([C@@H]1O)[C@H](O)C2. The van der Waals surface area contributed by atoms with Crippen LogP contribution in [-0.4, -0.2) is 33.6 Å². The normalized spacial score (nSPS) is 59.7. The lowest BCUT2D eigenvalue weighted by molar-refractivity contribution is -0.0589.